The number of piperidine rings is 1. The molecule has 176 valence electrons. The van der Waals surface area contributed by atoms with Crippen molar-refractivity contribution in [2.75, 3.05) is 36.8 Å². The lowest BCUT2D eigenvalue weighted by Crippen LogP contribution is -2.41. The van der Waals surface area contributed by atoms with E-state index in [-0.39, 0.29) is 11.1 Å². The average Bonchev–Trinajstić information content (AvgIpc) is 3.18. The predicted molar refractivity (Wildman–Crippen MR) is 134 cm³/mol. The van der Waals surface area contributed by atoms with Crippen LogP contribution in [-0.4, -0.2) is 56.6 Å². The Labute approximate surface area is 203 Å². The fourth-order valence-electron chi connectivity index (χ4n) is 4.38. The first-order valence-electron chi connectivity index (χ1n) is 11.5. The van der Waals surface area contributed by atoms with Crippen LogP contribution in [0.15, 0.2) is 60.8 Å². The second-order valence-electron chi connectivity index (χ2n) is 8.53. The van der Waals surface area contributed by atoms with Crippen molar-refractivity contribution < 1.29 is 4.39 Å². The van der Waals surface area contributed by atoms with E-state index in [1.54, 1.807) is 6.20 Å². The van der Waals surface area contributed by atoms with Gasteiger partial charge in [0.15, 0.2) is 0 Å². The van der Waals surface area contributed by atoms with Crippen LogP contribution in [0.1, 0.15) is 18.4 Å². The van der Waals surface area contributed by atoms with Crippen LogP contribution < -0.4 is 10.6 Å². The number of nitrogens with zero attached hydrogens (tertiary/aromatic N) is 5. The summed E-state index contributed by atoms with van der Waals surface area (Å²) >= 11 is 5.84. The maximum atomic E-state index is 13.4. The number of halogens is 2. The highest BCUT2D eigenvalue weighted by Crippen LogP contribution is 2.24. The molecule has 34 heavy (non-hydrogen) atoms. The number of rotatable bonds is 8. The SMILES string of the molecule is Fc1ccc(Cn2c(NC3CCN(CCNc4ccnc(Cl)n4)CC3)nc3ccccc32)cc1. The van der Waals surface area contributed by atoms with E-state index in [1.165, 1.54) is 12.1 Å². The lowest BCUT2D eigenvalue weighted by atomic mass is 10.1. The van der Waals surface area contributed by atoms with Gasteiger partial charge in [-0.1, -0.05) is 24.3 Å². The summed E-state index contributed by atoms with van der Waals surface area (Å²) in [7, 11) is 0. The van der Waals surface area contributed by atoms with Crippen molar-refractivity contribution in [2.24, 2.45) is 0 Å². The number of hydrogen-bond donors (Lipinski definition) is 2. The summed E-state index contributed by atoms with van der Waals surface area (Å²) in [6.07, 6.45) is 3.73. The van der Waals surface area contributed by atoms with E-state index in [0.29, 0.717) is 12.6 Å². The minimum Gasteiger partial charge on any atom is -0.369 e. The molecule has 1 fully saturated rings. The fraction of sp³-hybridized carbons (Fsp3) is 0.320. The minimum atomic E-state index is -0.222. The van der Waals surface area contributed by atoms with Crippen LogP contribution in [0.4, 0.5) is 16.2 Å². The Hall–Kier alpha value is -3.23. The summed E-state index contributed by atoms with van der Waals surface area (Å²) in [5.74, 6) is 1.39. The van der Waals surface area contributed by atoms with Crippen molar-refractivity contribution in [2.45, 2.75) is 25.4 Å². The Kier molecular flexibility index (Phi) is 6.87. The van der Waals surface area contributed by atoms with Gasteiger partial charge < -0.3 is 20.1 Å². The highest BCUT2D eigenvalue weighted by atomic mass is 35.5. The predicted octanol–water partition coefficient (Wildman–Crippen LogP) is 4.66. The van der Waals surface area contributed by atoms with Crippen molar-refractivity contribution in [3.63, 3.8) is 0 Å². The zero-order valence-electron chi connectivity index (χ0n) is 18.8. The number of para-hydroxylation sites is 2. The van der Waals surface area contributed by atoms with E-state index in [2.05, 4.69) is 36.1 Å². The Bertz CT molecular complexity index is 1240. The standard InChI is InChI=1S/C25H27ClFN7/c26-24-29-12-9-23(32-24)28-13-16-33-14-10-20(11-15-33)30-25-31-21-3-1-2-4-22(21)34(25)17-18-5-7-19(27)8-6-18/h1-9,12,20H,10-11,13-17H2,(H,30,31)(H,28,29,32). The highest BCUT2D eigenvalue weighted by molar-refractivity contribution is 6.28. The molecule has 0 amide bonds. The third-order valence-corrected chi connectivity index (χ3v) is 6.37. The van der Waals surface area contributed by atoms with Gasteiger partial charge in [-0.25, -0.2) is 19.3 Å². The Morgan fingerprint density at radius 3 is 2.59 bits per heavy atom. The van der Waals surface area contributed by atoms with Crippen molar-refractivity contribution in [3.8, 4) is 0 Å². The van der Waals surface area contributed by atoms with Gasteiger partial charge in [0.1, 0.15) is 11.6 Å². The van der Waals surface area contributed by atoms with Crippen LogP contribution in [0.3, 0.4) is 0 Å². The molecule has 0 bridgehead atoms. The third-order valence-electron chi connectivity index (χ3n) is 6.19. The van der Waals surface area contributed by atoms with Gasteiger partial charge in [-0.2, -0.15) is 0 Å². The smallest absolute Gasteiger partial charge is 0.224 e. The summed E-state index contributed by atoms with van der Waals surface area (Å²) in [6.45, 7) is 4.42. The number of hydrogen-bond acceptors (Lipinski definition) is 6. The molecule has 1 saturated heterocycles. The first kappa shape index (κ1) is 22.6. The lowest BCUT2D eigenvalue weighted by molar-refractivity contribution is 0.226. The highest BCUT2D eigenvalue weighted by Gasteiger charge is 2.21. The van der Waals surface area contributed by atoms with E-state index in [1.807, 2.05) is 36.4 Å². The fourth-order valence-corrected chi connectivity index (χ4v) is 4.52. The van der Waals surface area contributed by atoms with Crippen LogP contribution in [0.25, 0.3) is 11.0 Å². The number of anilines is 2. The van der Waals surface area contributed by atoms with E-state index in [4.69, 9.17) is 16.6 Å². The van der Waals surface area contributed by atoms with E-state index < -0.39 is 0 Å². The topological polar surface area (TPSA) is 70.9 Å². The van der Waals surface area contributed by atoms with E-state index in [0.717, 1.165) is 67.4 Å². The van der Waals surface area contributed by atoms with Gasteiger partial charge in [0, 0.05) is 38.4 Å². The molecule has 0 saturated carbocycles. The summed E-state index contributed by atoms with van der Waals surface area (Å²) < 4.78 is 15.6. The number of likely N-dealkylation sites (tertiary alicyclic amines) is 1. The van der Waals surface area contributed by atoms with Crippen LogP contribution in [-0.2, 0) is 6.54 Å². The first-order valence-corrected chi connectivity index (χ1v) is 11.9. The number of imidazole rings is 1. The van der Waals surface area contributed by atoms with Gasteiger partial charge in [-0.05, 0) is 60.3 Å². The maximum absolute atomic E-state index is 13.4. The lowest BCUT2D eigenvalue weighted by Gasteiger charge is -2.32. The minimum absolute atomic E-state index is 0.222. The largest absolute Gasteiger partial charge is 0.369 e. The molecule has 7 nitrogen and oxygen atoms in total. The molecule has 0 spiro atoms. The van der Waals surface area contributed by atoms with Crippen molar-refractivity contribution >= 4 is 34.4 Å². The van der Waals surface area contributed by atoms with E-state index in [9.17, 15) is 4.39 Å². The molecule has 0 aliphatic carbocycles. The molecule has 2 N–H and O–H groups in total. The molecular formula is C25H27ClFN7. The van der Waals surface area contributed by atoms with Crippen molar-refractivity contribution in [1.82, 2.24) is 24.4 Å². The molecule has 0 unspecified atom stereocenters. The Morgan fingerprint density at radius 2 is 1.79 bits per heavy atom. The molecule has 1 aliphatic rings. The molecule has 0 radical (unpaired) electrons. The van der Waals surface area contributed by atoms with Crippen molar-refractivity contribution in [3.05, 3.63) is 77.5 Å². The summed E-state index contributed by atoms with van der Waals surface area (Å²) in [5, 5.41) is 7.24. The molecule has 9 heteroatoms. The molecule has 1 aliphatic heterocycles. The van der Waals surface area contributed by atoms with Gasteiger partial charge >= 0.3 is 0 Å². The Morgan fingerprint density at radius 1 is 1.00 bits per heavy atom. The molecule has 2 aromatic carbocycles. The van der Waals surface area contributed by atoms with Gasteiger partial charge in [-0.15, -0.1) is 0 Å². The van der Waals surface area contributed by atoms with Crippen LogP contribution in [0, 0.1) is 5.82 Å². The molecule has 0 atom stereocenters. The maximum Gasteiger partial charge on any atom is 0.224 e. The van der Waals surface area contributed by atoms with Gasteiger partial charge in [0.2, 0.25) is 11.2 Å². The monoisotopic (exact) mass is 479 g/mol. The van der Waals surface area contributed by atoms with E-state index >= 15 is 0 Å². The average molecular weight is 480 g/mol. The molecular weight excluding hydrogens is 453 g/mol. The van der Waals surface area contributed by atoms with Crippen molar-refractivity contribution in [1.29, 1.82) is 0 Å². The van der Waals surface area contributed by atoms with Crippen LogP contribution in [0.5, 0.6) is 0 Å². The molecule has 2 aromatic heterocycles. The van der Waals surface area contributed by atoms with Gasteiger partial charge in [0.05, 0.1) is 17.6 Å². The zero-order chi connectivity index (χ0) is 23.3. The molecule has 3 heterocycles. The zero-order valence-corrected chi connectivity index (χ0v) is 19.5. The van der Waals surface area contributed by atoms with Crippen LogP contribution in [0.2, 0.25) is 5.28 Å². The number of nitrogens with one attached hydrogen (secondary N) is 2. The molecule has 5 rings (SSSR count). The third kappa shape index (κ3) is 5.46. The number of benzene rings is 2. The summed E-state index contributed by atoms with van der Waals surface area (Å²) in [6, 6.07) is 17.0. The first-order chi connectivity index (χ1) is 16.6. The normalized spacial score (nSPS) is 15.0. The summed E-state index contributed by atoms with van der Waals surface area (Å²) in [5.41, 5.74) is 3.07. The quantitative estimate of drug-likeness (QED) is 0.358. The second-order valence-corrected chi connectivity index (χ2v) is 8.87. The number of fused-ring (bicyclic) bond motifs is 1. The van der Waals surface area contributed by atoms with Gasteiger partial charge in [-0.3, -0.25) is 0 Å². The Balaban J connectivity index is 1.19. The molecule has 4 aromatic rings. The number of aromatic nitrogens is 4. The second kappa shape index (κ2) is 10.4. The van der Waals surface area contributed by atoms with Crippen LogP contribution >= 0.6 is 11.6 Å². The summed E-state index contributed by atoms with van der Waals surface area (Å²) in [4.78, 5) is 15.4. The van der Waals surface area contributed by atoms with Gasteiger partial charge in [0.25, 0.3) is 0 Å².